The van der Waals surface area contributed by atoms with Crippen molar-refractivity contribution in [2.75, 3.05) is 12.5 Å². The highest BCUT2D eigenvalue weighted by atomic mass is 35.5. The van der Waals surface area contributed by atoms with E-state index in [0.717, 1.165) is 0 Å². The molecule has 7 heteroatoms. The van der Waals surface area contributed by atoms with Gasteiger partial charge in [-0.1, -0.05) is 27.7 Å². The molecule has 0 aromatic heterocycles. The van der Waals surface area contributed by atoms with E-state index in [4.69, 9.17) is 34.8 Å². The standard InChI is InChI=1S/C4H7Cl3O3P/c1-4(6,7)10-11(8)9-3-2-5/h2-3H2,1H3/q+1. The molecule has 11 heavy (non-hydrogen) atoms. The SMILES string of the molecule is CC(Cl)(Cl)O[P+](=O)OCCCl. The van der Waals surface area contributed by atoms with E-state index < -0.39 is 12.8 Å². The van der Waals surface area contributed by atoms with Crippen molar-refractivity contribution in [1.82, 2.24) is 0 Å². The molecule has 0 rings (SSSR count). The van der Waals surface area contributed by atoms with Gasteiger partial charge >= 0.3 is 8.25 Å². The zero-order chi connectivity index (χ0) is 8.91. The van der Waals surface area contributed by atoms with Crippen LogP contribution in [0.25, 0.3) is 0 Å². The minimum Gasteiger partial charge on any atom is -0.124 e. The second-order valence-electron chi connectivity index (χ2n) is 1.64. The molecule has 0 radical (unpaired) electrons. The maximum Gasteiger partial charge on any atom is 0.700 e. The van der Waals surface area contributed by atoms with Crippen LogP contribution in [0.2, 0.25) is 0 Å². The predicted octanol–water partition coefficient (Wildman–Crippen LogP) is 3.07. The number of rotatable bonds is 5. The third-order valence-electron chi connectivity index (χ3n) is 0.509. The molecule has 1 atom stereocenters. The summed E-state index contributed by atoms with van der Waals surface area (Å²) in [5.74, 6) is 0.242. The summed E-state index contributed by atoms with van der Waals surface area (Å²) in [4.78, 5) is 0. The summed E-state index contributed by atoms with van der Waals surface area (Å²) in [7, 11) is -2.27. The second kappa shape index (κ2) is 5.52. The maximum absolute atomic E-state index is 10.7. The molecule has 3 nitrogen and oxygen atoms in total. The molecule has 0 heterocycles. The summed E-state index contributed by atoms with van der Waals surface area (Å²) in [5, 5.41) is 0. The summed E-state index contributed by atoms with van der Waals surface area (Å²) in [6, 6.07) is 0. The Labute approximate surface area is 80.8 Å². The van der Waals surface area contributed by atoms with Crippen LogP contribution in [0.3, 0.4) is 0 Å². The van der Waals surface area contributed by atoms with Gasteiger partial charge in [0, 0.05) is 4.57 Å². The van der Waals surface area contributed by atoms with Crippen molar-refractivity contribution in [3.8, 4) is 0 Å². The monoisotopic (exact) mass is 239 g/mol. The molecule has 0 fully saturated rings. The molecule has 0 aromatic rings. The summed E-state index contributed by atoms with van der Waals surface area (Å²) >= 11 is 15.9. The quantitative estimate of drug-likeness (QED) is 0.547. The van der Waals surface area contributed by atoms with Gasteiger partial charge in [-0.15, -0.1) is 16.1 Å². The normalized spacial score (nSPS) is 13.3. The van der Waals surface area contributed by atoms with Crippen molar-refractivity contribution in [2.45, 2.75) is 11.4 Å². The maximum atomic E-state index is 10.7. The Balaban J connectivity index is 3.53. The Morgan fingerprint density at radius 2 is 2.09 bits per heavy atom. The van der Waals surface area contributed by atoms with Crippen LogP contribution in [-0.2, 0) is 13.6 Å². The number of alkyl halides is 3. The lowest BCUT2D eigenvalue weighted by atomic mass is 10.9. The van der Waals surface area contributed by atoms with Crippen LogP contribution >= 0.6 is 43.1 Å². The summed E-state index contributed by atoms with van der Waals surface area (Å²) < 4.78 is 18.3. The Morgan fingerprint density at radius 1 is 1.55 bits per heavy atom. The molecule has 0 aliphatic carbocycles. The van der Waals surface area contributed by atoms with Crippen molar-refractivity contribution in [1.29, 1.82) is 0 Å². The molecule has 0 spiro atoms. The summed E-state index contributed by atoms with van der Waals surface area (Å²) in [6.07, 6.45) is 0. The molecule has 1 unspecified atom stereocenters. The van der Waals surface area contributed by atoms with Crippen LogP contribution in [0.1, 0.15) is 6.92 Å². The molecular weight excluding hydrogens is 233 g/mol. The van der Waals surface area contributed by atoms with Crippen LogP contribution in [0.4, 0.5) is 0 Å². The summed E-state index contributed by atoms with van der Waals surface area (Å²) in [5.41, 5.74) is 0. The molecule has 0 saturated carbocycles. The lowest BCUT2D eigenvalue weighted by molar-refractivity contribution is 0.204. The molecule has 0 amide bonds. The molecule has 0 saturated heterocycles. The number of hydrogen-bond acceptors (Lipinski definition) is 3. The molecule has 66 valence electrons. The molecule has 0 bridgehead atoms. The Kier molecular flexibility index (Phi) is 5.97. The fraction of sp³-hybridized carbons (Fsp3) is 1.00. The van der Waals surface area contributed by atoms with Crippen LogP contribution in [-0.4, -0.2) is 17.0 Å². The topological polar surface area (TPSA) is 35.5 Å². The van der Waals surface area contributed by atoms with Crippen molar-refractivity contribution in [3.05, 3.63) is 0 Å². The first-order valence-electron chi connectivity index (χ1n) is 2.69. The number of halogens is 3. The molecule has 0 N–H and O–H groups in total. The van der Waals surface area contributed by atoms with E-state index in [0.29, 0.717) is 0 Å². The zero-order valence-electron chi connectivity index (χ0n) is 5.72. The van der Waals surface area contributed by atoms with Gasteiger partial charge in [0.25, 0.3) is 4.52 Å². The Hall–Kier alpha value is 0.890. The predicted molar refractivity (Wildman–Crippen MR) is 45.5 cm³/mol. The van der Waals surface area contributed by atoms with E-state index in [9.17, 15) is 4.57 Å². The van der Waals surface area contributed by atoms with E-state index in [1.165, 1.54) is 6.92 Å². The van der Waals surface area contributed by atoms with Gasteiger partial charge in [-0.3, -0.25) is 0 Å². The van der Waals surface area contributed by atoms with Crippen molar-refractivity contribution in [2.24, 2.45) is 0 Å². The largest absolute Gasteiger partial charge is 0.700 e. The number of hydrogen-bond donors (Lipinski definition) is 0. The third kappa shape index (κ3) is 8.80. The Bertz CT molecular complexity index is 135. The smallest absolute Gasteiger partial charge is 0.124 e. The van der Waals surface area contributed by atoms with Crippen LogP contribution in [0.5, 0.6) is 0 Å². The van der Waals surface area contributed by atoms with Crippen LogP contribution < -0.4 is 0 Å². The average molecular weight is 240 g/mol. The van der Waals surface area contributed by atoms with E-state index >= 15 is 0 Å². The van der Waals surface area contributed by atoms with Gasteiger partial charge < -0.3 is 0 Å². The van der Waals surface area contributed by atoms with Crippen molar-refractivity contribution in [3.63, 3.8) is 0 Å². The molecule has 0 aromatic carbocycles. The van der Waals surface area contributed by atoms with Gasteiger partial charge in [0.15, 0.2) is 0 Å². The average Bonchev–Trinajstić information content (AvgIpc) is 1.79. The van der Waals surface area contributed by atoms with Gasteiger partial charge in [-0.2, -0.15) is 0 Å². The lowest BCUT2D eigenvalue weighted by Crippen LogP contribution is -2.07. The fourth-order valence-corrected chi connectivity index (χ4v) is 1.34. The fourth-order valence-electron chi connectivity index (χ4n) is 0.266. The van der Waals surface area contributed by atoms with Gasteiger partial charge in [-0.25, -0.2) is 0 Å². The van der Waals surface area contributed by atoms with E-state index in [1.807, 2.05) is 0 Å². The molecular formula is C4H7Cl3O3P+. The van der Waals surface area contributed by atoms with Gasteiger partial charge in [0.2, 0.25) is 0 Å². The van der Waals surface area contributed by atoms with Crippen molar-refractivity contribution >= 4 is 43.1 Å². The highest BCUT2D eigenvalue weighted by molar-refractivity contribution is 7.33. The first-order chi connectivity index (χ1) is 4.95. The van der Waals surface area contributed by atoms with Crippen molar-refractivity contribution < 1.29 is 13.6 Å². The van der Waals surface area contributed by atoms with E-state index in [2.05, 4.69) is 9.05 Å². The zero-order valence-corrected chi connectivity index (χ0v) is 8.88. The first-order valence-corrected chi connectivity index (χ1v) is 5.07. The first kappa shape index (κ1) is 11.9. The highest BCUT2D eigenvalue weighted by Crippen LogP contribution is 2.35. The minimum atomic E-state index is -2.27. The van der Waals surface area contributed by atoms with Crippen LogP contribution in [0.15, 0.2) is 0 Å². The lowest BCUT2D eigenvalue weighted by Gasteiger charge is -2.01. The summed E-state index contributed by atoms with van der Waals surface area (Å²) in [6.45, 7) is 1.48. The van der Waals surface area contributed by atoms with Gasteiger partial charge in [0.1, 0.15) is 6.61 Å². The minimum absolute atomic E-state index is 0.140. The third-order valence-corrected chi connectivity index (χ3v) is 1.94. The second-order valence-corrected chi connectivity index (χ2v) is 4.55. The van der Waals surface area contributed by atoms with E-state index in [1.54, 1.807) is 0 Å². The van der Waals surface area contributed by atoms with Gasteiger partial charge in [-0.05, 0) is 6.92 Å². The van der Waals surface area contributed by atoms with E-state index in [-0.39, 0.29) is 12.5 Å². The molecule has 0 aliphatic rings. The van der Waals surface area contributed by atoms with Gasteiger partial charge in [0.05, 0.1) is 5.88 Å². The molecule has 0 aliphatic heterocycles. The van der Waals surface area contributed by atoms with Crippen LogP contribution in [0, 0.1) is 0 Å². The Morgan fingerprint density at radius 3 is 2.45 bits per heavy atom. The highest BCUT2D eigenvalue weighted by Gasteiger charge is 2.33.